The first-order valence-corrected chi connectivity index (χ1v) is 11.8. The fourth-order valence-corrected chi connectivity index (χ4v) is 4.39. The van der Waals surface area contributed by atoms with Crippen LogP contribution in [0.1, 0.15) is 23.2 Å². The molecule has 2 aromatic carbocycles. The summed E-state index contributed by atoms with van der Waals surface area (Å²) in [6.07, 6.45) is 1.68. The smallest absolute Gasteiger partial charge is 0.342 e. The number of carbonyl (C=O) groups excluding carboxylic acids is 2. The quantitative estimate of drug-likeness (QED) is 0.479. The summed E-state index contributed by atoms with van der Waals surface area (Å²) in [5, 5.41) is 2.61. The summed E-state index contributed by atoms with van der Waals surface area (Å²) in [4.78, 5) is 24.3. The largest absolute Gasteiger partial charge is 0.493 e. The van der Waals surface area contributed by atoms with Gasteiger partial charge in [0.15, 0.2) is 18.1 Å². The van der Waals surface area contributed by atoms with Crippen LogP contribution in [-0.2, 0) is 24.3 Å². The highest BCUT2D eigenvalue weighted by Crippen LogP contribution is 2.35. The Labute approximate surface area is 196 Å². The molecule has 1 atom stereocenters. The highest BCUT2D eigenvalue weighted by Gasteiger charge is 2.26. The van der Waals surface area contributed by atoms with Crippen molar-refractivity contribution < 1.29 is 41.3 Å². The molecule has 1 fully saturated rings. The second-order valence-electron chi connectivity index (χ2n) is 7.31. The third kappa shape index (κ3) is 6.14. The number of nitrogens with one attached hydrogen (secondary N) is 2. The molecule has 1 aliphatic rings. The van der Waals surface area contributed by atoms with Crippen LogP contribution in [0.5, 0.6) is 11.5 Å². The van der Waals surface area contributed by atoms with Gasteiger partial charge in [-0.3, -0.25) is 9.52 Å². The first-order valence-electron chi connectivity index (χ1n) is 10.3. The van der Waals surface area contributed by atoms with E-state index < -0.39 is 39.2 Å². The van der Waals surface area contributed by atoms with E-state index in [1.54, 1.807) is 0 Å². The Morgan fingerprint density at radius 3 is 2.59 bits per heavy atom. The second kappa shape index (κ2) is 11.2. The SMILES string of the molecule is COc1cc(S(=O)(=O)Nc2ccccc2F)cc(C(=O)OCC(=O)NCC2CCCO2)c1OC. The average molecular weight is 497 g/mol. The van der Waals surface area contributed by atoms with Crippen molar-refractivity contribution in [1.82, 2.24) is 5.32 Å². The van der Waals surface area contributed by atoms with Gasteiger partial charge in [0.05, 0.1) is 30.9 Å². The molecule has 2 N–H and O–H groups in total. The first-order chi connectivity index (χ1) is 16.2. The molecular formula is C22H25FN2O8S. The third-order valence-electron chi connectivity index (χ3n) is 4.99. The van der Waals surface area contributed by atoms with Crippen molar-refractivity contribution in [2.45, 2.75) is 23.8 Å². The number of carbonyl (C=O) groups is 2. The minimum absolute atomic E-state index is 0.0753. The first kappa shape index (κ1) is 25.2. The van der Waals surface area contributed by atoms with E-state index in [9.17, 15) is 22.4 Å². The third-order valence-corrected chi connectivity index (χ3v) is 6.33. The Morgan fingerprint density at radius 2 is 1.94 bits per heavy atom. The molecule has 1 aliphatic heterocycles. The summed E-state index contributed by atoms with van der Waals surface area (Å²) in [6.45, 7) is 0.340. The van der Waals surface area contributed by atoms with Crippen molar-refractivity contribution in [1.29, 1.82) is 0 Å². The van der Waals surface area contributed by atoms with E-state index in [1.807, 2.05) is 0 Å². The van der Waals surface area contributed by atoms with E-state index in [4.69, 9.17) is 18.9 Å². The molecule has 0 saturated carbocycles. The summed E-state index contributed by atoms with van der Waals surface area (Å²) in [5.41, 5.74) is -0.563. The van der Waals surface area contributed by atoms with Gasteiger partial charge in [0.1, 0.15) is 11.4 Å². The molecule has 1 unspecified atom stereocenters. The van der Waals surface area contributed by atoms with Gasteiger partial charge in [0, 0.05) is 19.2 Å². The molecule has 0 spiro atoms. The Bertz CT molecular complexity index is 1150. The lowest BCUT2D eigenvalue weighted by Crippen LogP contribution is -2.34. The van der Waals surface area contributed by atoms with Gasteiger partial charge in [-0.1, -0.05) is 12.1 Å². The maximum Gasteiger partial charge on any atom is 0.342 e. The van der Waals surface area contributed by atoms with E-state index in [2.05, 4.69) is 10.0 Å². The van der Waals surface area contributed by atoms with Gasteiger partial charge in [-0.2, -0.15) is 0 Å². The van der Waals surface area contributed by atoms with Crippen LogP contribution >= 0.6 is 0 Å². The number of benzene rings is 2. The number of hydrogen-bond acceptors (Lipinski definition) is 8. The van der Waals surface area contributed by atoms with Crippen LogP contribution in [0.2, 0.25) is 0 Å². The minimum atomic E-state index is -4.33. The fraction of sp³-hybridized carbons (Fsp3) is 0.364. The molecule has 0 aromatic heterocycles. The van der Waals surface area contributed by atoms with Crippen LogP contribution in [-0.4, -0.2) is 60.4 Å². The van der Waals surface area contributed by atoms with Gasteiger partial charge in [-0.15, -0.1) is 0 Å². The number of para-hydroxylation sites is 1. The van der Waals surface area contributed by atoms with Crippen LogP contribution in [0.15, 0.2) is 41.3 Å². The van der Waals surface area contributed by atoms with E-state index >= 15 is 0 Å². The van der Waals surface area contributed by atoms with Crippen LogP contribution in [0, 0.1) is 5.82 Å². The maximum atomic E-state index is 14.0. The Kier molecular flexibility index (Phi) is 8.29. The second-order valence-corrected chi connectivity index (χ2v) is 8.99. The van der Waals surface area contributed by atoms with Gasteiger partial charge in [0.2, 0.25) is 0 Å². The average Bonchev–Trinajstić information content (AvgIpc) is 3.35. The summed E-state index contributed by atoms with van der Waals surface area (Å²) < 4.78 is 62.6. The lowest BCUT2D eigenvalue weighted by atomic mass is 10.2. The number of anilines is 1. The van der Waals surface area contributed by atoms with E-state index in [0.717, 1.165) is 31.0 Å². The molecule has 1 saturated heterocycles. The molecule has 10 nitrogen and oxygen atoms in total. The zero-order valence-electron chi connectivity index (χ0n) is 18.6. The van der Waals surface area contributed by atoms with Crippen molar-refractivity contribution in [3.63, 3.8) is 0 Å². The number of halogens is 1. The summed E-state index contributed by atoms with van der Waals surface area (Å²) in [5.74, 6) is -2.49. The zero-order valence-corrected chi connectivity index (χ0v) is 19.4. The zero-order chi connectivity index (χ0) is 24.7. The van der Waals surface area contributed by atoms with E-state index in [1.165, 1.54) is 32.4 Å². The molecule has 2 aromatic rings. The van der Waals surface area contributed by atoms with Crippen LogP contribution in [0.4, 0.5) is 10.1 Å². The lowest BCUT2D eigenvalue weighted by molar-refractivity contribution is -0.124. The van der Waals surface area contributed by atoms with Crippen molar-refractivity contribution in [2.75, 3.05) is 38.7 Å². The van der Waals surface area contributed by atoms with Gasteiger partial charge >= 0.3 is 5.97 Å². The number of amides is 1. The summed E-state index contributed by atoms with van der Waals surface area (Å²) >= 11 is 0. The van der Waals surface area contributed by atoms with Gasteiger partial charge < -0.3 is 24.3 Å². The van der Waals surface area contributed by atoms with Crippen LogP contribution < -0.4 is 19.5 Å². The van der Waals surface area contributed by atoms with E-state index in [0.29, 0.717) is 13.2 Å². The molecule has 1 heterocycles. The van der Waals surface area contributed by atoms with Crippen molar-refractivity contribution >= 4 is 27.6 Å². The minimum Gasteiger partial charge on any atom is -0.493 e. The number of hydrogen-bond donors (Lipinski definition) is 2. The standard InChI is InChI=1S/C22H25FN2O8S/c1-30-19-11-15(34(28,29)25-18-8-4-3-7-17(18)23)10-16(21(19)31-2)22(27)33-13-20(26)24-12-14-6-5-9-32-14/h3-4,7-8,10-11,14,25H,5-6,9,12-13H2,1-2H3,(H,24,26). The highest BCUT2D eigenvalue weighted by molar-refractivity contribution is 7.92. The van der Waals surface area contributed by atoms with Crippen molar-refractivity contribution in [2.24, 2.45) is 0 Å². The van der Waals surface area contributed by atoms with Crippen LogP contribution in [0.25, 0.3) is 0 Å². The number of esters is 1. The van der Waals surface area contributed by atoms with Crippen LogP contribution in [0.3, 0.4) is 0 Å². The van der Waals surface area contributed by atoms with Crippen molar-refractivity contribution in [3.05, 3.63) is 47.8 Å². The number of rotatable bonds is 10. The molecule has 34 heavy (non-hydrogen) atoms. The molecular weight excluding hydrogens is 471 g/mol. The molecule has 3 rings (SSSR count). The number of sulfonamides is 1. The predicted octanol–water partition coefficient (Wildman–Crippen LogP) is 2.10. The van der Waals surface area contributed by atoms with Gasteiger partial charge in [-0.05, 0) is 31.0 Å². The predicted molar refractivity (Wildman–Crippen MR) is 119 cm³/mol. The molecule has 184 valence electrons. The molecule has 0 aliphatic carbocycles. The van der Waals surface area contributed by atoms with Crippen molar-refractivity contribution in [3.8, 4) is 11.5 Å². The molecule has 0 radical (unpaired) electrons. The topological polar surface area (TPSA) is 129 Å². The van der Waals surface area contributed by atoms with E-state index in [-0.39, 0.29) is 28.9 Å². The monoisotopic (exact) mass is 496 g/mol. The highest BCUT2D eigenvalue weighted by atomic mass is 32.2. The Morgan fingerprint density at radius 1 is 1.18 bits per heavy atom. The van der Waals surface area contributed by atoms with Gasteiger partial charge in [0.25, 0.3) is 15.9 Å². The summed E-state index contributed by atoms with van der Waals surface area (Å²) in [6, 6.07) is 7.33. The Hall–Kier alpha value is -3.38. The normalized spacial score (nSPS) is 15.4. The lowest BCUT2D eigenvalue weighted by Gasteiger charge is -2.16. The molecule has 0 bridgehead atoms. The molecule has 12 heteroatoms. The van der Waals surface area contributed by atoms with Gasteiger partial charge in [-0.25, -0.2) is 17.6 Å². The fourth-order valence-electron chi connectivity index (χ4n) is 3.29. The number of methoxy groups -OCH3 is 2. The Balaban J connectivity index is 1.79. The number of ether oxygens (including phenoxy) is 4. The molecule has 1 amide bonds. The maximum absolute atomic E-state index is 14.0. The summed E-state index contributed by atoms with van der Waals surface area (Å²) in [7, 11) is -1.81.